The van der Waals surface area contributed by atoms with Crippen molar-refractivity contribution >= 4 is 29.4 Å². The van der Waals surface area contributed by atoms with Crippen molar-refractivity contribution in [2.45, 2.75) is 39.2 Å². The van der Waals surface area contributed by atoms with E-state index in [9.17, 15) is 9.59 Å². The molecule has 1 aliphatic heterocycles. The van der Waals surface area contributed by atoms with Gasteiger partial charge in [-0.15, -0.1) is 0 Å². The van der Waals surface area contributed by atoms with Gasteiger partial charge in [-0.05, 0) is 45.7 Å². The summed E-state index contributed by atoms with van der Waals surface area (Å²) in [6, 6.07) is 3.31. The van der Waals surface area contributed by atoms with Gasteiger partial charge in [0.15, 0.2) is 0 Å². The van der Waals surface area contributed by atoms with Gasteiger partial charge in [-0.3, -0.25) is 4.79 Å². The molecule has 0 aromatic carbocycles. The van der Waals surface area contributed by atoms with E-state index in [1.165, 1.54) is 6.20 Å². The Balaban J connectivity index is 1.93. The number of hydrogen-bond acceptors (Lipinski definition) is 4. The normalized spacial score (nSPS) is 18.4. The van der Waals surface area contributed by atoms with Crippen molar-refractivity contribution in [3.63, 3.8) is 0 Å². The lowest BCUT2D eigenvalue weighted by Crippen LogP contribution is -2.45. The van der Waals surface area contributed by atoms with Crippen molar-refractivity contribution in [3.8, 4) is 0 Å². The van der Waals surface area contributed by atoms with Gasteiger partial charge < -0.3 is 15.0 Å². The van der Waals surface area contributed by atoms with Gasteiger partial charge in [0.25, 0.3) is 0 Å². The average Bonchev–Trinajstić information content (AvgIpc) is 2.48. The maximum absolute atomic E-state index is 12.3. The minimum Gasteiger partial charge on any atom is -0.444 e. The monoisotopic (exact) mass is 339 g/mol. The Bertz CT molecular complexity index is 569. The Labute approximate surface area is 141 Å². The molecule has 1 saturated heterocycles. The fraction of sp³-hybridized carbons (Fsp3) is 0.562. The van der Waals surface area contributed by atoms with Crippen LogP contribution < -0.4 is 5.32 Å². The largest absolute Gasteiger partial charge is 0.444 e. The van der Waals surface area contributed by atoms with E-state index in [1.807, 2.05) is 20.8 Å². The number of piperidine rings is 1. The molecule has 2 amide bonds. The molecule has 1 aromatic heterocycles. The number of anilines is 1. The fourth-order valence-corrected chi connectivity index (χ4v) is 2.47. The van der Waals surface area contributed by atoms with Crippen LogP contribution in [0.5, 0.6) is 0 Å². The lowest BCUT2D eigenvalue weighted by molar-refractivity contribution is -0.121. The van der Waals surface area contributed by atoms with Gasteiger partial charge in [0, 0.05) is 19.3 Å². The number of likely N-dealkylation sites (tertiary alicyclic amines) is 1. The molecule has 2 rings (SSSR count). The first kappa shape index (κ1) is 17.5. The smallest absolute Gasteiger partial charge is 0.410 e. The number of hydrogen-bond donors (Lipinski definition) is 1. The first-order chi connectivity index (χ1) is 10.7. The molecule has 6 nitrogen and oxygen atoms in total. The first-order valence-electron chi connectivity index (χ1n) is 7.65. The maximum Gasteiger partial charge on any atom is 0.410 e. The number of aromatic nitrogens is 1. The van der Waals surface area contributed by atoms with Crippen molar-refractivity contribution in [1.29, 1.82) is 0 Å². The third-order valence-electron chi connectivity index (χ3n) is 3.42. The van der Waals surface area contributed by atoms with Crippen LogP contribution in [-0.4, -0.2) is 40.6 Å². The predicted molar refractivity (Wildman–Crippen MR) is 88.4 cm³/mol. The molecule has 1 atom stereocenters. The van der Waals surface area contributed by atoms with Crippen LogP contribution in [0.2, 0.25) is 5.02 Å². The van der Waals surface area contributed by atoms with Gasteiger partial charge in [0.05, 0.1) is 10.9 Å². The Morgan fingerprint density at radius 3 is 2.74 bits per heavy atom. The van der Waals surface area contributed by atoms with E-state index >= 15 is 0 Å². The highest BCUT2D eigenvalue weighted by Crippen LogP contribution is 2.21. The van der Waals surface area contributed by atoms with E-state index in [0.717, 1.165) is 12.8 Å². The molecule has 0 radical (unpaired) electrons. The molecule has 1 aliphatic rings. The van der Waals surface area contributed by atoms with Gasteiger partial charge in [0.2, 0.25) is 5.91 Å². The number of pyridine rings is 1. The van der Waals surface area contributed by atoms with Crippen molar-refractivity contribution in [3.05, 3.63) is 23.4 Å². The number of carbonyl (C=O) groups excluding carboxylic acids is 2. The average molecular weight is 340 g/mol. The van der Waals surface area contributed by atoms with Crippen LogP contribution >= 0.6 is 11.6 Å². The van der Waals surface area contributed by atoms with E-state index in [1.54, 1.807) is 17.0 Å². The lowest BCUT2D eigenvalue weighted by Gasteiger charge is -2.33. The van der Waals surface area contributed by atoms with E-state index in [2.05, 4.69) is 10.3 Å². The molecule has 7 heteroatoms. The Kier molecular flexibility index (Phi) is 5.46. The quantitative estimate of drug-likeness (QED) is 0.897. The highest BCUT2D eigenvalue weighted by molar-refractivity contribution is 6.30. The molecule has 1 aromatic rings. The second kappa shape index (κ2) is 7.17. The summed E-state index contributed by atoms with van der Waals surface area (Å²) in [7, 11) is 0. The molecule has 23 heavy (non-hydrogen) atoms. The molecule has 0 spiro atoms. The summed E-state index contributed by atoms with van der Waals surface area (Å²) < 4.78 is 5.36. The SMILES string of the molecule is CC(C)(C)OC(=O)N1CCCC(C(=O)Nc2ccc(Cl)cn2)C1. The van der Waals surface area contributed by atoms with Crippen molar-refractivity contribution in [1.82, 2.24) is 9.88 Å². The van der Waals surface area contributed by atoms with E-state index in [4.69, 9.17) is 16.3 Å². The van der Waals surface area contributed by atoms with E-state index in [-0.39, 0.29) is 17.9 Å². The third-order valence-corrected chi connectivity index (χ3v) is 3.65. The molecule has 1 unspecified atom stereocenters. The van der Waals surface area contributed by atoms with Crippen molar-refractivity contribution in [2.24, 2.45) is 5.92 Å². The topological polar surface area (TPSA) is 71.5 Å². The molecule has 1 N–H and O–H groups in total. The summed E-state index contributed by atoms with van der Waals surface area (Å²) in [5.74, 6) is 0.0376. The second-order valence-corrected chi connectivity index (χ2v) is 7.05. The lowest BCUT2D eigenvalue weighted by atomic mass is 9.97. The van der Waals surface area contributed by atoms with Crippen LogP contribution in [0.4, 0.5) is 10.6 Å². The fourth-order valence-electron chi connectivity index (χ4n) is 2.36. The predicted octanol–water partition coefficient (Wildman–Crippen LogP) is 3.32. The zero-order valence-corrected chi connectivity index (χ0v) is 14.4. The molecule has 1 fully saturated rings. The highest BCUT2D eigenvalue weighted by atomic mass is 35.5. The number of rotatable bonds is 2. The molecular weight excluding hydrogens is 318 g/mol. The summed E-state index contributed by atoms with van der Waals surface area (Å²) in [4.78, 5) is 30.1. The van der Waals surface area contributed by atoms with Crippen LogP contribution in [0.1, 0.15) is 33.6 Å². The van der Waals surface area contributed by atoms with Gasteiger partial charge >= 0.3 is 6.09 Å². The molecular formula is C16H22ClN3O3. The molecule has 0 bridgehead atoms. The van der Waals surface area contributed by atoms with E-state index in [0.29, 0.717) is 23.9 Å². The zero-order chi connectivity index (χ0) is 17.0. The van der Waals surface area contributed by atoms with Crippen LogP contribution in [-0.2, 0) is 9.53 Å². The van der Waals surface area contributed by atoms with Crippen LogP contribution in [0.25, 0.3) is 0 Å². The van der Waals surface area contributed by atoms with Gasteiger partial charge in [-0.1, -0.05) is 11.6 Å². The number of carbonyl (C=O) groups is 2. The number of amides is 2. The van der Waals surface area contributed by atoms with Crippen LogP contribution in [0, 0.1) is 5.92 Å². The Hall–Kier alpha value is -1.82. The minimum absolute atomic E-state index is 0.145. The zero-order valence-electron chi connectivity index (χ0n) is 13.6. The summed E-state index contributed by atoms with van der Waals surface area (Å²) >= 11 is 5.77. The number of ether oxygens (including phenoxy) is 1. The first-order valence-corrected chi connectivity index (χ1v) is 8.03. The van der Waals surface area contributed by atoms with Gasteiger partial charge in [0.1, 0.15) is 11.4 Å². The minimum atomic E-state index is -0.542. The summed E-state index contributed by atoms with van der Waals surface area (Å²) in [5.41, 5.74) is -0.542. The van der Waals surface area contributed by atoms with Crippen LogP contribution in [0.3, 0.4) is 0 Å². The summed E-state index contributed by atoms with van der Waals surface area (Å²) in [6.07, 6.45) is 2.61. The van der Waals surface area contributed by atoms with E-state index < -0.39 is 5.60 Å². The Morgan fingerprint density at radius 1 is 1.39 bits per heavy atom. The third kappa shape index (κ3) is 5.39. The standard InChI is InChI=1S/C16H22ClN3O3/c1-16(2,3)23-15(22)20-8-4-5-11(10-20)14(21)19-13-7-6-12(17)9-18-13/h6-7,9,11H,4-5,8,10H2,1-3H3,(H,18,19,21). The Morgan fingerprint density at radius 2 is 2.13 bits per heavy atom. The highest BCUT2D eigenvalue weighted by Gasteiger charge is 2.31. The second-order valence-electron chi connectivity index (χ2n) is 6.62. The number of nitrogens with zero attached hydrogens (tertiary/aromatic N) is 2. The number of nitrogens with one attached hydrogen (secondary N) is 1. The summed E-state index contributed by atoms with van der Waals surface area (Å²) in [6.45, 7) is 6.44. The molecule has 2 heterocycles. The molecule has 0 saturated carbocycles. The van der Waals surface area contributed by atoms with Gasteiger partial charge in [-0.25, -0.2) is 9.78 Å². The van der Waals surface area contributed by atoms with Crippen molar-refractivity contribution < 1.29 is 14.3 Å². The molecule has 0 aliphatic carbocycles. The summed E-state index contributed by atoms with van der Waals surface area (Å²) in [5, 5.41) is 3.27. The number of halogens is 1. The van der Waals surface area contributed by atoms with Crippen molar-refractivity contribution in [2.75, 3.05) is 18.4 Å². The van der Waals surface area contributed by atoms with Gasteiger partial charge in [-0.2, -0.15) is 0 Å². The van der Waals surface area contributed by atoms with Crippen LogP contribution in [0.15, 0.2) is 18.3 Å². The maximum atomic E-state index is 12.3. The molecule has 126 valence electrons.